The van der Waals surface area contributed by atoms with Crippen molar-refractivity contribution in [3.8, 4) is 0 Å². The van der Waals surface area contributed by atoms with Gasteiger partial charge in [-0.15, -0.1) is 0 Å². The Morgan fingerprint density at radius 2 is 1.79 bits per heavy atom. The number of hydrogen-bond donors (Lipinski definition) is 1. The third kappa shape index (κ3) is 3.73. The molecule has 100 valence electrons. The molecule has 1 N–H and O–H groups in total. The summed E-state index contributed by atoms with van der Waals surface area (Å²) in [4.78, 5) is 0. The van der Waals surface area contributed by atoms with E-state index in [1.54, 1.807) is 0 Å². The van der Waals surface area contributed by atoms with Crippen LogP contribution in [0.25, 0.3) is 0 Å². The molecule has 2 rings (SSSR count). The van der Waals surface area contributed by atoms with Crippen LogP contribution in [0.1, 0.15) is 24.1 Å². The highest BCUT2D eigenvalue weighted by Gasteiger charge is 2.16. The number of nitrogens with one attached hydrogen (secondary N) is 1. The van der Waals surface area contributed by atoms with Crippen LogP contribution in [0.2, 0.25) is 10.0 Å². The molecule has 0 saturated carbocycles. The molecule has 19 heavy (non-hydrogen) atoms. The summed E-state index contributed by atoms with van der Waals surface area (Å²) >= 11 is 15.7. The molecule has 0 fully saturated rings. The summed E-state index contributed by atoms with van der Waals surface area (Å²) in [6.07, 6.45) is 0. The number of benzene rings is 2. The van der Waals surface area contributed by atoms with Gasteiger partial charge in [-0.25, -0.2) is 0 Å². The van der Waals surface area contributed by atoms with Crippen LogP contribution in [0.15, 0.2) is 46.9 Å². The second kappa shape index (κ2) is 6.76. The van der Waals surface area contributed by atoms with Crippen LogP contribution in [-0.2, 0) is 0 Å². The van der Waals surface area contributed by atoms with Crippen LogP contribution in [0.3, 0.4) is 0 Å². The summed E-state index contributed by atoms with van der Waals surface area (Å²) in [5, 5.41) is 4.93. The fraction of sp³-hybridized carbons (Fsp3) is 0.200. The Labute approximate surface area is 132 Å². The molecule has 1 unspecified atom stereocenters. The predicted octanol–water partition coefficient (Wildman–Crippen LogP) is 5.45. The van der Waals surface area contributed by atoms with Crippen LogP contribution in [-0.4, -0.2) is 6.54 Å². The first kappa shape index (κ1) is 14.9. The lowest BCUT2D eigenvalue weighted by Gasteiger charge is -2.20. The van der Waals surface area contributed by atoms with Crippen LogP contribution < -0.4 is 5.32 Å². The maximum absolute atomic E-state index is 6.35. The van der Waals surface area contributed by atoms with Crippen molar-refractivity contribution in [3.63, 3.8) is 0 Å². The summed E-state index contributed by atoms with van der Waals surface area (Å²) in [5.74, 6) is 0. The second-order valence-corrected chi connectivity index (χ2v) is 5.97. The highest BCUT2D eigenvalue weighted by atomic mass is 79.9. The fourth-order valence-electron chi connectivity index (χ4n) is 2.00. The highest BCUT2D eigenvalue weighted by molar-refractivity contribution is 9.10. The van der Waals surface area contributed by atoms with Crippen LogP contribution in [0.4, 0.5) is 0 Å². The van der Waals surface area contributed by atoms with Gasteiger partial charge in [0.1, 0.15) is 0 Å². The summed E-state index contributed by atoms with van der Waals surface area (Å²) in [6, 6.07) is 13.9. The van der Waals surface area contributed by atoms with Gasteiger partial charge in [0.2, 0.25) is 0 Å². The normalized spacial score (nSPS) is 12.4. The van der Waals surface area contributed by atoms with Crippen molar-refractivity contribution in [2.45, 2.75) is 13.0 Å². The number of halogens is 3. The lowest BCUT2D eigenvalue weighted by Crippen LogP contribution is -2.22. The maximum Gasteiger partial charge on any atom is 0.0591 e. The largest absolute Gasteiger partial charge is 0.306 e. The molecular weight excluding hydrogens is 345 g/mol. The summed E-state index contributed by atoms with van der Waals surface area (Å²) < 4.78 is 0.979. The molecule has 0 amide bonds. The topological polar surface area (TPSA) is 12.0 Å². The van der Waals surface area contributed by atoms with Gasteiger partial charge in [0.15, 0.2) is 0 Å². The monoisotopic (exact) mass is 357 g/mol. The quantitative estimate of drug-likeness (QED) is 0.765. The van der Waals surface area contributed by atoms with E-state index in [9.17, 15) is 0 Å². The zero-order chi connectivity index (χ0) is 13.8. The van der Waals surface area contributed by atoms with E-state index in [2.05, 4.69) is 28.2 Å². The maximum atomic E-state index is 6.35. The Morgan fingerprint density at radius 3 is 2.37 bits per heavy atom. The SMILES string of the molecule is CCNC(c1ccc(Cl)cc1)c1ccc(Br)cc1Cl. The van der Waals surface area contributed by atoms with Crippen molar-refractivity contribution in [3.05, 3.63) is 68.1 Å². The van der Waals surface area contributed by atoms with Crippen molar-refractivity contribution in [1.82, 2.24) is 5.32 Å². The van der Waals surface area contributed by atoms with E-state index < -0.39 is 0 Å². The highest BCUT2D eigenvalue weighted by Crippen LogP contribution is 2.31. The van der Waals surface area contributed by atoms with Crippen LogP contribution >= 0.6 is 39.1 Å². The standard InChI is InChI=1S/C15H14BrCl2N/c1-2-19-15(10-3-6-12(17)7-4-10)13-8-5-11(16)9-14(13)18/h3-9,15,19H,2H2,1H3. The van der Waals surface area contributed by atoms with Gasteiger partial charge in [0.25, 0.3) is 0 Å². The average Bonchev–Trinajstić information content (AvgIpc) is 2.38. The van der Waals surface area contributed by atoms with Gasteiger partial charge in [-0.05, 0) is 41.9 Å². The van der Waals surface area contributed by atoms with Crippen LogP contribution in [0.5, 0.6) is 0 Å². The molecule has 0 aliphatic heterocycles. The summed E-state index contributed by atoms with van der Waals surface area (Å²) in [7, 11) is 0. The number of hydrogen-bond acceptors (Lipinski definition) is 1. The number of rotatable bonds is 4. The van der Waals surface area contributed by atoms with E-state index in [1.165, 1.54) is 0 Å². The first-order chi connectivity index (χ1) is 9.11. The van der Waals surface area contributed by atoms with E-state index in [1.807, 2.05) is 42.5 Å². The predicted molar refractivity (Wildman–Crippen MR) is 86.1 cm³/mol. The zero-order valence-electron chi connectivity index (χ0n) is 10.5. The molecule has 0 heterocycles. The Balaban J connectivity index is 2.41. The Kier molecular flexibility index (Phi) is 5.28. The minimum Gasteiger partial charge on any atom is -0.306 e. The molecule has 0 aromatic heterocycles. The summed E-state index contributed by atoms with van der Waals surface area (Å²) in [6.45, 7) is 2.94. The molecule has 4 heteroatoms. The smallest absolute Gasteiger partial charge is 0.0591 e. The molecule has 0 bridgehead atoms. The van der Waals surface area contributed by atoms with Crippen molar-refractivity contribution in [2.75, 3.05) is 6.54 Å². The fourth-order valence-corrected chi connectivity index (χ4v) is 2.91. The first-order valence-corrected chi connectivity index (χ1v) is 7.60. The molecule has 0 aliphatic rings. The molecule has 1 nitrogen and oxygen atoms in total. The molecule has 0 aliphatic carbocycles. The molecule has 1 atom stereocenters. The Hall–Kier alpha value is -0.540. The van der Waals surface area contributed by atoms with Gasteiger partial charge >= 0.3 is 0 Å². The van der Waals surface area contributed by atoms with Gasteiger partial charge in [0.05, 0.1) is 6.04 Å². The average molecular weight is 359 g/mol. The van der Waals surface area contributed by atoms with Crippen molar-refractivity contribution >= 4 is 39.1 Å². The van der Waals surface area contributed by atoms with Gasteiger partial charge in [-0.3, -0.25) is 0 Å². The summed E-state index contributed by atoms with van der Waals surface area (Å²) in [5.41, 5.74) is 2.21. The second-order valence-electron chi connectivity index (χ2n) is 4.21. The molecule has 2 aromatic carbocycles. The zero-order valence-corrected chi connectivity index (χ0v) is 13.6. The molecular formula is C15H14BrCl2N. The van der Waals surface area contributed by atoms with Crippen molar-refractivity contribution < 1.29 is 0 Å². The van der Waals surface area contributed by atoms with Gasteiger partial charge in [-0.1, -0.05) is 64.3 Å². The minimum absolute atomic E-state index is 0.0721. The van der Waals surface area contributed by atoms with Gasteiger partial charge in [-0.2, -0.15) is 0 Å². The molecule has 0 saturated heterocycles. The van der Waals surface area contributed by atoms with Crippen molar-refractivity contribution in [2.24, 2.45) is 0 Å². The molecule has 0 radical (unpaired) electrons. The molecule has 0 spiro atoms. The first-order valence-electron chi connectivity index (χ1n) is 6.05. The van der Waals surface area contributed by atoms with E-state index >= 15 is 0 Å². The third-order valence-corrected chi connectivity index (χ3v) is 3.96. The van der Waals surface area contributed by atoms with E-state index in [4.69, 9.17) is 23.2 Å². The lowest BCUT2D eigenvalue weighted by molar-refractivity contribution is 0.631. The van der Waals surface area contributed by atoms with Crippen molar-refractivity contribution in [1.29, 1.82) is 0 Å². The van der Waals surface area contributed by atoms with Crippen LogP contribution in [0, 0.1) is 0 Å². The van der Waals surface area contributed by atoms with E-state index in [-0.39, 0.29) is 6.04 Å². The Bertz CT molecular complexity index is 555. The van der Waals surface area contributed by atoms with Gasteiger partial charge < -0.3 is 5.32 Å². The van der Waals surface area contributed by atoms with E-state index in [0.29, 0.717) is 0 Å². The Morgan fingerprint density at radius 1 is 1.11 bits per heavy atom. The van der Waals surface area contributed by atoms with E-state index in [0.717, 1.165) is 32.2 Å². The minimum atomic E-state index is 0.0721. The van der Waals surface area contributed by atoms with Gasteiger partial charge in [0, 0.05) is 14.5 Å². The lowest BCUT2D eigenvalue weighted by atomic mass is 9.98. The molecule has 2 aromatic rings. The third-order valence-electron chi connectivity index (χ3n) is 2.89.